The van der Waals surface area contributed by atoms with Crippen molar-refractivity contribution >= 4 is 46.7 Å². The SMILES string of the molecule is O=C1Cc2cc(C(=O)CSc3nnc(N4CCCC4)n3-c3cccc(Cl)c3)ccc2N1. The number of hydrogen-bond donors (Lipinski definition) is 1. The van der Waals surface area contributed by atoms with E-state index < -0.39 is 0 Å². The molecule has 0 aliphatic carbocycles. The van der Waals surface area contributed by atoms with Crippen molar-refractivity contribution in [1.29, 1.82) is 0 Å². The number of aromatic nitrogens is 3. The molecule has 2 aliphatic rings. The van der Waals surface area contributed by atoms with E-state index in [0.29, 0.717) is 22.2 Å². The number of ketones is 1. The van der Waals surface area contributed by atoms with Gasteiger partial charge in [0.2, 0.25) is 11.9 Å². The summed E-state index contributed by atoms with van der Waals surface area (Å²) in [6.07, 6.45) is 2.56. The van der Waals surface area contributed by atoms with Crippen LogP contribution in [0.25, 0.3) is 5.69 Å². The summed E-state index contributed by atoms with van der Waals surface area (Å²) in [4.78, 5) is 26.6. The van der Waals surface area contributed by atoms with Gasteiger partial charge in [-0.2, -0.15) is 0 Å². The lowest BCUT2D eigenvalue weighted by atomic mass is 10.1. The second-order valence-corrected chi connectivity index (χ2v) is 8.98. The molecule has 9 heteroatoms. The van der Waals surface area contributed by atoms with E-state index in [1.807, 2.05) is 28.8 Å². The van der Waals surface area contributed by atoms with Gasteiger partial charge in [-0.05, 0) is 54.8 Å². The van der Waals surface area contributed by atoms with Gasteiger partial charge in [0.15, 0.2) is 10.9 Å². The highest BCUT2D eigenvalue weighted by molar-refractivity contribution is 7.99. The first-order chi connectivity index (χ1) is 15.1. The molecule has 1 fully saturated rings. The number of Topliss-reactive ketones (excluding diaryl/α,β-unsaturated/α-hetero) is 1. The maximum Gasteiger partial charge on any atom is 0.232 e. The average molecular weight is 454 g/mol. The number of nitrogens with one attached hydrogen (secondary N) is 1. The van der Waals surface area contributed by atoms with Crippen LogP contribution in [0, 0.1) is 0 Å². The topological polar surface area (TPSA) is 80.1 Å². The second-order valence-electron chi connectivity index (χ2n) is 7.60. The van der Waals surface area contributed by atoms with E-state index >= 15 is 0 Å². The summed E-state index contributed by atoms with van der Waals surface area (Å²) in [5.41, 5.74) is 3.11. The molecule has 1 N–H and O–H groups in total. The first kappa shape index (κ1) is 20.1. The molecule has 1 amide bonds. The zero-order valence-corrected chi connectivity index (χ0v) is 18.2. The zero-order chi connectivity index (χ0) is 21.4. The lowest BCUT2D eigenvalue weighted by Crippen LogP contribution is -2.22. The monoisotopic (exact) mass is 453 g/mol. The molecule has 3 aromatic rings. The Labute approximate surface area is 188 Å². The molecule has 0 unspecified atom stereocenters. The second kappa shape index (κ2) is 8.36. The van der Waals surface area contributed by atoms with Crippen molar-refractivity contribution in [2.75, 3.05) is 29.1 Å². The van der Waals surface area contributed by atoms with Crippen LogP contribution in [0.5, 0.6) is 0 Å². The summed E-state index contributed by atoms with van der Waals surface area (Å²) in [5.74, 6) is 0.934. The predicted molar refractivity (Wildman–Crippen MR) is 122 cm³/mol. The van der Waals surface area contributed by atoms with Gasteiger partial charge in [-0.15, -0.1) is 10.2 Å². The number of thioether (sulfide) groups is 1. The molecule has 2 aromatic carbocycles. The fraction of sp³-hybridized carbons (Fsp3) is 0.273. The van der Waals surface area contributed by atoms with Crippen LogP contribution in [0.4, 0.5) is 11.6 Å². The van der Waals surface area contributed by atoms with Crippen LogP contribution in [-0.2, 0) is 11.2 Å². The first-order valence-corrected chi connectivity index (χ1v) is 11.5. The maximum atomic E-state index is 12.8. The van der Waals surface area contributed by atoms with Gasteiger partial charge in [0.25, 0.3) is 0 Å². The van der Waals surface area contributed by atoms with Gasteiger partial charge < -0.3 is 10.2 Å². The van der Waals surface area contributed by atoms with Crippen LogP contribution in [-0.4, -0.2) is 45.3 Å². The van der Waals surface area contributed by atoms with Gasteiger partial charge in [-0.25, -0.2) is 0 Å². The lowest BCUT2D eigenvalue weighted by molar-refractivity contribution is -0.115. The number of carbonyl (C=O) groups is 2. The van der Waals surface area contributed by atoms with Crippen LogP contribution in [0.2, 0.25) is 5.02 Å². The van der Waals surface area contributed by atoms with Crippen molar-refractivity contribution in [3.63, 3.8) is 0 Å². The van der Waals surface area contributed by atoms with Crippen LogP contribution >= 0.6 is 23.4 Å². The van der Waals surface area contributed by atoms with E-state index in [4.69, 9.17) is 11.6 Å². The number of rotatable bonds is 6. The van der Waals surface area contributed by atoms with Gasteiger partial charge >= 0.3 is 0 Å². The Bertz CT molecular complexity index is 1170. The Hall–Kier alpha value is -2.84. The Morgan fingerprint density at radius 1 is 1.13 bits per heavy atom. The van der Waals surface area contributed by atoms with Crippen LogP contribution in [0.1, 0.15) is 28.8 Å². The third-order valence-corrected chi connectivity index (χ3v) is 6.62. The number of halogens is 1. The first-order valence-electron chi connectivity index (χ1n) is 10.1. The van der Waals surface area contributed by atoms with Crippen molar-refractivity contribution in [2.45, 2.75) is 24.4 Å². The third kappa shape index (κ3) is 4.05. The molecule has 5 rings (SSSR count). The highest BCUT2D eigenvalue weighted by Gasteiger charge is 2.24. The van der Waals surface area contributed by atoms with E-state index in [1.54, 1.807) is 18.2 Å². The Balaban J connectivity index is 1.40. The van der Waals surface area contributed by atoms with E-state index in [0.717, 1.165) is 48.8 Å². The number of hydrogen-bond acceptors (Lipinski definition) is 6. The normalized spacial score (nSPS) is 15.3. The van der Waals surface area contributed by atoms with Crippen molar-refractivity contribution in [2.24, 2.45) is 0 Å². The number of anilines is 2. The van der Waals surface area contributed by atoms with E-state index in [2.05, 4.69) is 20.4 Å². The molecule has 1 aromatic heterocycles. The highest BCUT2D eigenvalue weighted by Crippen LogP contribution is 2.30. The molecular weight excluding hydrogens is 434 g/mol. The van der Waals surface area contributed by atoms with E-state index in [9.17, 15) is 9.59 Å². The number of nitrogens with zero attached hydrogens (tertiary/aromatic N) is 4. The standard InChI is InChI=1S/C22H20ClN5O2S/c23-16-4-3-5-17(12-16)28-21(27-8-1-2-9-27)25-26-22(28)31-13-19(29)14-6-7-18-15(10-14)11-20(30)24-18/h3-7,10,12H,1-2,8-9,11,13H2,(H,24,30). The molecule has 158 valence electrons. The summed E-state index contributed by atoms with van der Waals surface area (Å²) in [7, 11) is 0. The average Bonchev–Trinajstić information content (AvgIpc) is 3.49. The van der Waals surface area contributed by atoms with Gasteiger partial charge in [0.1, 0.15) is 0 Å². The summed E-state index contributed by atoms with van der Waals surface area (Å²) in [6, 6.07) is 12.9. The van der Waals surface area contributed by atoms with Gasteiger partial charge in [0.05, 0.1) is 17.9 Å². The number of carbonyl (C=O) groups excluding carboxylic acids is 2. The molecule has 0 bridgehead atoms. The Kier molecular flexibility index (Phi) is 5.41. The third-order valence-electron chi connectivity index (χ3n) is 5.46. The van der Waals surface area contributed by atoms with Crippen LogP contribution in [0.15, 0.2) is 47.6 Å². The van der Waals surface area contributed by atoms with Crippen molar-refractivity contribution in [1.82, 2.24) is 14.8 Å². The minimum absolute atomic E-state index is 0.0180. The minimum Gasteiger partial charge on any atom is -0.341 e. The molecule has 1 saturated heterocycles. The number of fused-ring (bicyclic) bond motifs is 1. The molecule has 0 radical (unpaired) electrons. The van der Waals surface area contributed by atoms with Gasteiger partial charge in [0, 0.05) is 29.4 Å². The summed E-state index contributed by atoms with van der Waals surface area (Å²) in [6.45, 7) is 1.87. The van der Waals surface area contributed by atoms with Crippen LogP contribution in [0.3, 0.4) is 0 Å². The summed E-state index contributed by atoms with van der Waals surface area (Å²) in [5, 5.41) is 12.9. The smallest absolute Gasteiger partial charge is 0.232 e. The van der Waals surface area contributed by atoms with E-state index in [1.165, 1.54) is 11.8 Å². The number of benzene rings is 2. The molecule has 3 heterocycles. The molecule has 0 spiro atoms. The van der Waals surface area contributed by atoms with Crippen molar-refractivity contribution in [3.8, 4) is 5.69 Å². The van der Waals surface area contributed by atoms with Gasteiger partial charge in [-0.3, -0.25) is 14.2 Å². The molecule has 0 saturated carbocycles. The fourth-order valence-electron chi connectivity index (χ4n) is 3.93. The Morgan fingerprint density at radius 3 is 2.77 bits per heavy atom. The summed E-state index contributed by atoms with van der Waals surface area (Å²) < 4.78 is 1.97. The van der Waals surface area contributed by atoms with Crippen LogP contribution < -0.4 is 10.2 Å². The largest absolute Gasteiger partial charge is 0.341 e. The molecule has 31 heavy (non-hydrogen) atoms. The predicted octanol–water partition coefficient (Wildman–Crippen LogP) is 3.99. The van der Waals surface area contributed by atoms with E-state index in [-0.39, 0.29) is 17.4 Å². The number of amides is 1. The lowest BCUT2D eigenvalue weighted by Gasteiger charge is -2.18. The maximum absolute atomic E-state index is 12.8. The molecule has 0 atom stereocenters. The van der Waals surface area contributed by atoms with Crippen molar-refractivity contribution < 1.29 is 9.59 Å². The Morgan fingerprint density at radius 2 is 1.97 bits per heavy atom. The van der Waals surface area contributed by atoms with Gasteiger partial charge in [-0.1, -0.05) is 29.4 Å². The minimum atomic E-state index is -0.0435. The molecular formula is C22H20ClN5O2S. The highest BCUT2D eigenvalue weighted by atomic mass is 35.5. The summed E-state index contributed by atoms with van der Waals surface area (Å²) >= 11 is 7.58. The molecule has 7 nitrogen and oxygen atoms in total. The zero-order valence-electron chi connectivity index (χ0n) is 16.7. The fourth-order valence-corrected chi connectivity index (χ4v) is 4.96. The molecule has 2 aliphatic heterocycles. The quantitative estimate of drug-likeness (QED) is 0.449. The van der Waals surface area contributed by atoms with Crippen molar-refractivity contribution in [3.05, 3.63) is 58.6 Å².